The number of hydrogen-bond donors (Lipinski definition) is 1. The van der Waals surface area contributed by atoms with Crippen LogP contribution in [0.15, 0.2) is 72.1 Å². The quantitative estimate of drug-likeness (QED) is 0.632. The number of fused-ring (bicyclic) bond motifs is 3. The first kappa shape index (κ1) is 18.9. The van der Waals surface area contributed by atoms with Crippen molar-refractivity contribution in [2.24, 2.45) is 5.41 Å². The van der Waals surface area contributed by atoms with Gasteiger partial charge in [0.25, 0.3) is 0 Å². The molecule has 0 saturated heterocycles. The third-order valence-electron chi connectivity index (χ3n) is 5.93. The van der Waals surface area contributed by atoms with E-state index in [9.17, 15) is 9.59 Å². The largest absolute Gasteiger partial charge is 0.492 e. The predicted octanol–water partition coefficient (Wildman–Crippen LogP) is 3.96. The molecule has 152 valence electrons. The zero-order valence-electron chi connectivity index (χ0n) is 16.4. The standard InChI is InChI=1S/C24H22N2O3S/c27-22(25-14-18-9-6-12-30-18)15-26-21-11-5-4-10-19(21)20-13-24(20,23(26)28)16-29-17-7-2-1-3-8-17/h1-12,20H,13-16H2,(H,25,27)/t20-,24+/m0/s1. The molecule has 0 unspecified atom stereocenters. The van der Waals surface area contributed by atoms with Gasteiger partial charge in [-0.15, -0.1) is 11.3 Å². The van der Waals surface area contributed by atoms with Crippen molar-refractivity contribution in [1.29, 1.82) is 0 Å². The molecular formula is C24H22N2O3S. The molecule has 1 saturated carbocycles. The van der Waals surface area contributed by atoms with E-state index in [0.29, 0.717) is 13.2 Å². The second kappa shape index (κ2) is 7.61. The normalized spacial score (nSPS) is 21.5. The molecule has 6 heteroatoms. The Labute approximate surface area is 179 Å². The van der Waals surface area contributed by atoms with Crippen molar-refractivity contribution in [1.82, 2.24) is 5.32 Å². The highest BCUT2D eigenvalue weighted by molar-refractivity contribution is 7.09. The Kier molecular flexibility index (Phi) is 4.79. The van der Waals surface area contributed by atoms with Crippen LogP contribution >= 0.6 is 11.3 Å². The van der Waals surface area contributed by atoms with Gasteiger partial charge in [0, 0.05) is 16.5 Å². The van der Waals surface area contributed by atoms with Gasteiger partial charge in [0.2, 0.25) is 11.8 Å². The van der Waals surface area contributed by atoms with Gasteiger partial charge in [-0.3, -0.25) is 9.59 Å². The highest BCUT2D eigenvalue weighted by Crippen LogP contribution is 2.65. The van der Waals surface area contributed by atoms with Crippen LogP contribution in [0.4, 0.5) is 5.69 Å². The Hall–Kier alpha value is -3.12. The van der Waals surface area contributed by atoms with E-state index >= 15 is 0 Å². The number of nitrogens with one attached hydrogen (secondary N) is 1. The van der Waals surface area contributed by atoms with Crippen LogP contribution in [-0.4, -0.2) is 25.0 Å². The maximum atomic E-state index is 13.5. The lowest BCUT2D eigenvalue weighted by molar-refractivity contribution is -0.128. The number of carbonyl (C=O) groups is 2. The molecule has 2 atom stereocenters. The summed E-state index contributed by atoms with van der Waals surface area (Å²) in [5, 5.41) is 4.91. The van der Waals surface area contributed by atoms with E-state index in [1.54, 1.807) is 16.2 Å². The van der Waals surface area contributed by atoms with Gasteiger partial charge in [-0.05, 0) is 41.6 Å². The number of nitrogens with zero attached hydrogens (tertiary/aromatic N) is 1. The fourth-order valence-corrected chi connectivity index (χ4v) is 4.91. The topological polar surface area (TPSA) is 58.6 Å². The number of rotatable bonds is 7. The van der Waals surface area contributed by atoms with Gasteiger partial charge < -0.3 is 15.0 Å². The Morgan fingerprint density at radius 1 is 1.10 bits per heavy atom. The lowest BCUT2D eigenvalue weighted by Gasteiger charge is -2.33. The highest BCUT2D eigenvalue weighted by atomic mass is 32.1. The molecule has 2 amide bonds. The fraction of sp³-hybridized carbons (Fsp3) is 0.250. The molecule has 30 heavy (non-hydrogen) atoms. The average molecular weight is 419 g/mol. The summed E-state index contributed by atoms with van der Waals surface area (Å²) < 4.78 is 5.98. The van der Waals surface area contributed by atoms with Gasteiger partial charge in [-0.1, -0.05) is 42.5 Å². The molecule has 2 aliphatic rings. The maximum Gasteiger partial charge on any atom is 0.240 e. The van der Waals surface area contributed by atoms with Crippen LogP contribution in [0.2, 0.25) is 0 Å². The van der Waals surface area contributed by atoms with Crippen LogP contribution in [0.5, 0.6) is 5.75 Å². The van der Waals surface area contributed by atoms with Crippen molar-refractivity contribution in [2.75, 3.05) is 18.1 Å². The monoisotopic (exact) mass is 418 g/mol. The molecule has 1 aliphatic carbocycles. The minimum atomic E-state index is -0.585. The number of thiophene rings is 1. The Morgan fingerprint density at radius 2 is 1.90 bits per heavy atom. The average Bonchev–Trinajstić information content (AvgIpc) is 3.30. The van der Waals surface area contributed by atoms with E-state index < -0.39 is 5.41 Å². The van der Waals surface area contributed by atoms with Crippen molar-refractivity contribution < 1.29 is 14.3 Å². The zero-order valence-corrected chi connectivity index (χ0v) is 17.2. The first-order valence-electron chi connectivity index (χ1n) is 10.1. The fourth-order valence-electron chi connectivity index (χ4n) is 4.26. The summed E-state index contributed by atoms with van der Waals surface area (Å²) in [6, 6.07) is 21.4. The third kappa shape index (κ3) is 3.37. The van der Waals surface area contributed by atoms with Crippen LogP contribution in [0, 0.1) is 5.41 Å². The summed E-state index contributed by atoms with van der Waals surface area (Å²) in [6.45, 7) is 0.814. The van der Waals surface area contributed by atoms with Gasteiger partial charge in [-0.2, -0.15) is 0 Å². The molecule has 5 nitrogen and oxygen atoms in total. The summed E-state index contributed by atoms with van der Waals surface area (Å²) in [6.07, 6.45) is 0.753. The van der Waals surface area contributed by atoms with Crippen LogP contribution < -0.4 is 15.0 Å². The number of carbonyl (C=O) groups excluding carboxylic acids is 2. The smallest absolute Gasteiger partial charge is 0.240 e. The molecule has 0 bridgehead atoms. The van der Waals surface area contributed by atoms with Crippen molar-refractivity contribution in [3.8, 4) is 5.75 Å². The molecule has 5 rings (SSSR count). The van der Waals surface area contributed by atoms with Gasteiger partial charge in [0.1, 0.15) is 18.9 Å². The molecule has 2 heterocycles. The molecule has 1 fully saturated rings. The van der Waals surface area contributed by atoms with Gasteiger partial charge in [0.05, 0.1) is 12.0 Å². The number of anilines is 1. The predicted molar refractivity (Wildman–Crippen MR) is 117 cm³/mol. The molecule has 2 aromatic carbocycles. The van der Waals surface area contributed by atoms with Crippen LogP contribution in [-0.2, 0) is 16.1 Å². The van der Waals surface area contributed by atoms with Crippen molar-refractivity contribution in [2.45, 2.75) is 18.9 Å². The van der Waals surface area contributed by atoms with Crippen molar-refractivity contribution >= 4 is 28.8 Å². The van der Waals surface area contributed by atoms with Crippen LogP contribution in [0.3, 0.4) is 0 Å². The second-order valence-corrected chi connectivity index (χ2v) is 8.85. The lowest BCUT2D eigenvalue weighted by atomic mass is 9.92. The first-order chi connectivity index (χ1) is 14.7. The Bertz CT molecular complexity index is 1070. The second-order valence-electron chi connectivity index (χ2n) is 7.82. The van der Waals surface area contributed by atoms with Crippen molar-refractivity contribution in [3.63, 3.8) is 0 Å². The minimum absolute atomic E-state index is 0.0149. The van der Waals surface area contributed by atoms with E-state index in [-0.39, 0.29) is 24.3 Å². The molecule has 1 aromatic heterocycles. The Morgan fingerprint density at radius 3 is 2.70 bits per heavy atom. The number of hydrogen-bond acceptors (Lipinski definition) is 4. The lowest BCUT2D eigenvalue weighted by Crippen LogP contribution is -2.48. The van der Waals surface area contributed by atoms with E-state index in [2.05, 4.69) is 11.4 Å². The molecule has 3 aromatic rings. The van der Waals surface area contributed by atoms with E-state index in [0.717, 1.165) is 28.3 Å². The van der Waals surface area contributed by atoms with E-state index in [4.69, 9.17) is 4.74 Å². The van der Waals surface area contributed by atoms with Gasteiger partial charge >= 0.3 is 0 Å². The van der Waals surface area contributed by atoms with Crippen LogP contribution in [0.1, 0.15) is 22.8 Å². The van der Waals surface area contributed by atoms with E-state index in [1.807, 2.05) is 66.0 Å². The summed E-state index contributed by atoms with van der Waals surface area (Å²) in [5.74, 6) is 0.720. The molecular weight excluding hydrogens is 396 g/mol. The third-order valence-corrected chi connectivity index (χ3v) is 6.81. The summed E-state index contributed by atoms with van der Waals surface area (Å²) in [7, 11) is 0. The number of benzene rings is 2. The molecule has 0 radical (unpaired) electrons. The minimum Gasteiger partial charge on any atom is -0.492 e. The molecule has 1 aliphatic heterocycles. The zero-order chi connectivity index (χ0) is 20.6. The molecule has 0 spiro atoms. The number of amides is 2. The highest BCUT2D eigenvalue weighted by Gasteiger charge is 2.66. The summed E-state index contributed by atoms with van der Waals surface area (Å²) >= 11 is 1.60. The maximum absolute atomic E-state index is 13.5. The number of para-hydroxylation sites is 2. The van der Waals surface area contributed by atoms with Gasteiger partial charge in [-0.25, -0.2) is 0 Å². The Balaban J connectivity index is 1.34. The van der Waals surface area contributed by atoms with Crippen LogP contribution in [0.25, 0.3) is 0 Å². The van der Waals surface area contributed by atoms with Crippen molar-refractivity contribution in [3.05, 3.63) is 82.6 Å². The molecule has 1 N–H and O–H groups in total. The van der Waals surface area contributed by atoms with Gasteiger partial charge in [0.15, 0.2) is 0 Å². The number of ether oxygens (including phenoxy) is 1. The summed E-state index contributed by atoms with van der Waals surface area (Å²) in [5.41, 5.74) is 1.38. The SMILES string of the molecule is O=C(CN1C(=O)[C@@]2(COc3ccccc3)C[C@H]2c2ccccc21)NCc1cccs1. The van der Waals surface area contributed by atoms with E-state index in [1.165, 1.54) is 0 Å². The summed E-state index contributed by atoms with van der Waals surface area (Å²) in [4.78, 5) is 28.9. The first-order valence-corrected chi connectivity index (χ1v) is 10.9.